The van der Waals surface area contributed by atoms with Crippen molar-refractivity contribution in [3.63, 3.8) is 0 Å². The van der Waals surface area contributed by atoms with E-state index in [1.165, 1.54) is 11.8 Å². The van der Waals surface area contributed by atoms with Crippen molar-refractivity contribution in [1.29, 1.82) is 0 Å². The van der Waals surface area contributed by atoms with E-state index in [4.69, 9.17) is 5.11 Å². The number of benzene rings is 2. The second-order valence-electron chi connectivity index (χ2n) is 3.49. The fourth-order valence-electron chi connectivity index (χ4n) is 1.65. The predicted octanol–water partition coefficient (Wildman–Crippen LogP) is 2.62. The normalized spacial score (nSPS) is 10.9. The molecule has 0 aliphatic carbocycles. The first-order chi connectivity index (χ1) is 8.16. The number of aromatic hydroxyl groups is 2. The second kappa shape index (κ2) is 5.08. The molecule has 0 bridgehead atoms. The summed E-state index contributed by atoms with van der Waals surface area (Å²) in [6.07, 6.45) is 0. The number of thiol groups is 1. The Kier molecular flexibility index (Phi) is 3.71. The standard InChI is InChI=1S/C12H12O3S2/c13-5-6-17-12-10(15)8-4-2-1-3-7(8)9(14)11(12)16/h1-4,13-16H,5-6H2. The van der Waals surface area contributed by atoms with E-state index in [1.54, 1.807) is 24.3 Å². The van der Waals surface area contributed by atoms with Gasteiger partial charge in [0.1, 0.15) is 11.5 Å². The zero-order valence-corrected chi connectivity index (χ0v) is 10.6. The highest BCUT2D eigenvalue weighted by Gasteiger charge is 2.16. The van der Waals surface area contributed by atoms with E-state index in [1.807, 2.05) is 0 Å². The van der Waals surface area contributed by atoms with Crippen molar-refractivity contribution in [2.45, 2.75) is 9.79 Å². The van der Waals surface area contributed by atoms with E-state index in [0.29, 0.717) is 26.3 Å². The minimum Gasteiger partial charge on any atom is -0.506 e. The minimum atomic E-state index is 0.00487. The molecule has 0 amide bonds. The highest BCUT2D eigenvalue weighted by molar-refractivity contribution is 7.99. The lowest BCUT2D eigenvalue weighted by molar-refractivity contribution is 0.322. The van der Waals surface area contributed by atoms with Crippen LogP contribution in [-0.2, 0) is 0 Å². The first-order valence-corrected chi connectivity index (χ1v) is 6.49. The predicted molar refractivity (Wildman–Crippen MR) is 72.3 cm³/mol. The van der Waals surface area contributed by atoms with Gasteiger partial charge < -0.3 is 15.3 Å². The van der Waals surface area contributed by atoms with Crippen LogP contribution in [0, 0.1) is 0 Å². The summed E-state index contributed by atoms with van der Waals surface area (Å²) in [5, 5.41) is 30.1. The van der Waals surface area contributed by atoms with Crippen molar-refractivity contribution in [2.75, 3.05) is 12.4 Å². The maximum Gasteiger partial charge on any atom is 0.138 e. The molecular formula is C12H12O3S2. The Labute approximate surface area is 109 Å². The molecule has 5 heteroatoms. The molecule has 0 aromatic heterocycles. The number of phenols is 2. The molecule has 0 aliphatic heterocycles. The Morgan fingerprint density at radius 2 is 1.65 bits per heavy atom. The molecule has 2 aromatic rings. The first kappa shape index (κ1) is 12.4. The van der Waals surface area contributed by atoms with Gasteiger partial charge in [-0.2, -0.15) is 0 Å². The average Bonchev–Trinajstić information content (AvgIpc) is 2.36. The van der Waals surface area contributed by atoms with E-state index in [-0.39, 0.29) is 18.1 Å². The topological polar surface area (TPSA) is 60.7 Å². The maximum atomic E-state index is 10.1. The quantitative estimate of drug-likeness (QED) is 0.393. The van der Waals surface area contributed by atoms with Crippen LogP contribution in [0.3, 0.4) is 0 Å². The monoisotopic (exact) mass is 268 g/mol. The highest BCUT2D eigenvalue weighted by atomic mass is 32.2. The molecule has 2 rings (SSSR count). The summed E-state index contributed by atoms with van der Waals surface area (Å²) < 4.78 is 0. The summed E-state index contributed by atoms with van der Waals surface area (Å²) in [6, 6.07) is 7.04. The minimum absolute atomic E-state index is 0.00487. The number of aliphatic hydroxyl groups is 1. The molecule has 3 nitrogen and oxygen atoms in total. The third-order valence-electron chi connectivity index (χ3n) is 2.43. The molecule has 0 fully saturated rings. The van der Waals surface area contributed by atoms with Gasteiger partial charge in [0.2, 0.25) is 0 Å². The number of rotatable bonds is 3. The smallest absolute Gasteiger partial charge is 0.138 e. The molecule has 0 unspecified atom stereocenters. The number of thioether (sulfide) groups is 1. The third-order valence-corrected chi connectivity index (χ3v) is 4.09. The Bertz CT molecular complexity index is 555. The Balaban J connectivity index is 2.68. The number of fused-ring (bicyclic) bond motifs is 1. The summed E-state index contributed by atoms with van der Waals surface area (Å²) in [5.74, 6) is 0.600. The zero-order valence-electron chi connectivity index (χ0n) is 8.92. The lowest BCUT2D eigenvalue weighted by atomic mass is 10.1. The van der Waals surface area contributed by atoms with Crippen LogP contribution >= 0.6 is 24.4 Å². The van der Waals surface area contributed by atoms with Gasteiger partial charge in [0.25, 0.3) is 0 Å². The summed E-state index contributed by atoms with van der Waals surface area (Å²) in [7, 11) is 0. The first-order valence-electron chi connectivity index (χ1n) is 5.06. The van der Waals surface area contributed by atoms with Crippen LogP contribution in [0.4, 0.5) is 0 Å². The van der Waals surface area contributed by atoms with Crippen molar-refractivity contribution in [2.24, 2.45) is 0 Å². The summed E-state index contributed by atoms with van der Waals surface area (Å²) >= 11 is 5.48. The Morgan fingerprint density at radius 3 is 2.24 bits per heavy atom. The fourth-order valence-corrected chi connectivity index (χ4v) is 2.85. The van der Waals surface area contributed by atoms with Crippen molar-refractivity contribution in [3.8, 4) is 11.5 Å². The lowest BCUT2D eigenvalue weighted by Crippen LogP contribution is -1.89. The van der Waals surface area contributed by atoms with Gasteiger partial charge in [0.05, 0.1) is 16.4 Å². The highest BCUT2D eigenvalue weighted by Crippen LogP contribution is 2.45. The van der Waals surface area contributed by atoms with Crippen LogP contribution in [0.1, 0.15) is 0 Å². The molecule has 0 saturated carbocycles. The van der Waals surface area contributed by atoms with E-state index in [0.717, 1.165) is 0 Å². The number of hydrogen-bond donors (Lipinski definition) is 4. The summed E-state index contributed by atoms with van der Waals surface area (Å²) in [5.41, 5.74) is 0. The number of phenolic OH excluding ortho intramolecular Hbond substituents is 2. The van der Waals surface area contributed by atoms with E-state index < -0.39 is 0 Å². The molecule has 0 spiro atoms. The van der Waals surface area contributed by atoms with Crippen molar-refractivity contribution >= 4 is 35.2 Å². The molecule has 90 valence electrons. The van der Waals surface area contributed by atoms with Crippen LogP contribution in [0.25, 0.3) is 10.8 Å². The molecule has 17 heavy (non-hydrogen) atoms. The molecule has 0 radical (unpaired) electrons. The summed E-state index contributed by atoms with van der Waals surface area (Å²) in [4.78, 5) is 0.846. The van der Waals surface area contributed by atoms with Crippen LogP contribution in [0.15, 0.2) is 34.1 Å². The van der Waals surface area contributed by atoms with Gasteiger partial charge in [-0.3, -0.25) is 0 Å². The molecule has 0 aliphatic rings. The van der Waals surface area contributed by atoms with Gasteiger partial charge in [0, 0.05) is 16.5 Å². The van der Waals surface area contributed by atoms with Gasteiger partial charge in [-0.15, -0.1) is 24.4 Å². The van der Waals surface area contributed by atoms with Gasteiger partial charge in [-0.1, -0.05) is 24.3 Å². The van der Waals surface area contributed by atoms with Crippen molar-refractivity contribution < 1.29 is 15.3 Å². The average molecular weight is 268 g/mol. The molecule has 0 heterocycles. The number of hydrogen-bond acceptors (Lipinski definition) is 5. The molecule has 2 aromatic carbocycles. The van der Waals surface area contributed by atoms with Crippen LogP contribution < -0.4 is 0 Å². The van der Waals surface area contributed by atoms with E-state index >= 15 is 0 Å². The second-order valence-corrected chi connectivity index (χ2v) is 5.04. The summed E-state index contributed by atoms with van der Waals surface area (Å²) in [6.45, 7) is 0.00487. The Morgan fingerprint density at radius 1 is 1.06 bits per heavy atom. The molecule has 0 atom stereocenters. The third kappa shape index (κ3) is 2.18. The van der Waals surface area contributed by atoms with E-state index in [2.05, 4.69) is 12.6 Å². The van der Waals surface area contributed by atoms with Crippen LogP contribution in [-0.4, -0.2) is 27.7 Å². The largest absolute Gasteiger partial charge is 0.506 e. The van der Waals surface area contributed by atoms with Crippen LogP contribution in [0.2, 0.25) is 0 Å². The SMILES string of the molecule is OCCSc1c(S)c(O)c2ccccc2c1O. The van der Waals surface area contributed by atoms with Gasteiger partial charge in [-0.25, -0.2) is 0 Å². The van der Waals surface area contributed by atoms with Crippen molar-refractivity contribution in [3.05, 3.63) is 24.3 Å². The molecular weight excluding hydrogens is 256 g/mol. The van der Waals surface area contributed by atoms with E-state index in [9.17, 15) is 10.2 Å². The Hall–Kier alpha value is -1.04. The molecule has 0 saturated heterocycles. The van der Waals surface area contributed by atoms with Crippen LogP contribution in [0.5, 0.6) is 11.5 Å². The fraction of sp³-hybridized carbons (Fsp3) is 0.167. The zero-order chi connectivity index (χ0) is 12.4. The van der Waals surface area contributed by atoms with Gasteiger partial charge in [0.15, 0.2) is 0 Å². The van der Waals surface area contributed by atoms with Crippen molar-refractivity contribution in [1.82, 2.24) is 0 Å². The lowest BCUT2D eigenvalue weighted by Gasteiger charge is -2.12. The maximum absolute atomic E-state index is 10.1. The van der Waals surface area contributed by atoms with Gasteiger partial charge >= 0.3 is 0 Å². The molecule has 3 N–H and O–H groups in total. The van der Waals surface area contributed by atoms with Gasteiger partial charge in [-0.05, 0) is 0 Å². The number of aliphatic hydroxyl groups excluding tert-OH is 1.